The smallest absolute Gasteiger partial charge is 0.255 e. The number of likely N-dealkylation sites (N-methyl/N-ethyl adjacent to an activating group) is 1. The van der Waals surface area contributed by atoms with Crippen LogP contribution >= 0.6 is 23.2 Å². The molecule has 2 N–H and O–H groups in total. The van der Waals surface area contributed by atoms with Crippen LogP contribution in [0.3, 0.4) is 0 Å². The number of hydrogen-bond acceptors (Lipinski definition) is 3. The molecule has 0 aliphatic heterocycles. The Balaban J connectivity index is 1.59. The summed E-state index contributed by atoms with van der Waals surface area (Å²) in [6, 6.07) is 19.9. The van der Waals surface area contributed by atoms with Crippen LogP contribution in [0.5, 0.6) is 0 Å². The van der Waals surface area contributed by atoms with E-state index in [1.807, 2.05) is 18.2 Å². The van der Waals surface area contributed by atoms with Crippen molar-refractivity contribution in [2.45, 2.75) is 0 Å². The fourth-order valence-corrected chi connectivity index (χ4v) is 3.34. The van der Waals surface area contributed by atoms with E-state index < -0.39 is 0 Å². The lowest BCUT2D eigenvalue weighted by molar-refractivity contribution is -0.116. The number of anilines is 2. The summed E-state index contributed by atoms with van der Waals surface area (Å²) in [4.78, 5) is 38.4. The second-order valence-electron chi connectivity index (χ2n) is 6.77. The van der Waals surface area contributed by atoms with E-state index >= 15 is 0 Å². The molecular formula is C23H19Cl2N3O3. The first-order valence-electron chi connectivity index (χ1n) is 9.30. The molecule has 3 rings (SSSR count). The third-order valence-electron chi connectivity index (χ3n) is 4.30. The molecule has 0 spiro atoms. The third kappa shape index (κ3) is 6.31. The molecular weight excluding hydrogens is 437 g/mol. The van der Waals surface area contributed by atoms with Gasteiger partial charge in [-0.1, -0.05) is 41.4 Å². The molecule has 0 bridgehead atoms. The minimum atomic E-state index is -0.377. The lowest BCUT2D eigenvalue weighted by atomic mass is 10.1. The van der Waals surface area contributed by atoms with Crippen LogP contribution in [0.4, 0.5) is 11.4 Å². The van der Waals surface area contributed by atoms with Gasteiger partial charge in [0.05, 0.1) is 6.54 Å². The number of carbonyl (C=O) groups is 3. The fourth-order valence-electron chi connectivity index (χ4n) is 2.81. The van der Waals surface area contributed by atoms with Crippen molar-refractivity contribution in [1.82, 2.24) is 4.90 Å². The number of para-hydroxylation sites is 1. The van der Waals surface area contributed by atoms with Crippen molar-refractivity contribution in [3.63, 3.8) is 0 Å². The van der Waals surface area contributed by atoms with Crippen LogP contribution in [0.2, 0.25) is 10.0 Å². The predicted octanol–water partition coefficient (Wildman–Crippen LogP) is 4.96. The Hall–Kier alpha value is -3.35. The van der Waals surface area contributed by atoms with Crippen LogP contribution in [-0.4, -0.2) is 36.2 Å². The number of benzene rings is 3. The Morgan fingerprint density at radius 3 is 1.97 bits per heavy atom. The Labute approximate surface area is 189 Å². The normalized spacial score (nSPS) is 10.3. The van der Waals surface area contributed by atoms with Gasteiger partial charge in [-0.2, -0.15) is 0 Å². The van der Waals surface area contributed by atoms with Crippen molar-refractivity contribution in [1.29, 1.82) is 0 Å². The maximum Gasteiger partial charge on any atom is 0.255 e. The van der Waals surface area contributed by atoms with E-state index in [4.69, 9.17) is 23.2 Å². The number of rotatable bonds is 6. The number of nitrogens with one attached hydrogen (secondary N) is 2. The minimum Gasteiger partial charge on any atom is -0.332 e. The molecule has 0 saturated carbocycles. The summed E-state index contributed by atoms with van der Waals surface area (Å²) in [7, 11) is 1.55. The molecule has 3 aromatic rings. The van der Waals surface area contributed by atoms with Gasteiger partial charge in [0, 0.05) is 39.6 Å². The molecule has 8 heteroatoms. The number of amides is 3. The maximum atomic E-state index is 12.6. The zero-order chi connectivity index (χ0) is 22.4. The molecule has 31 heavy (non-hydrogen) atoms. The summed E-state index contributed by atoms with van der Waals surface area (Å²) in [6.07, 6.45) is 0. The van der Waals surface area contributed by atoms with Crippen LogP contribution in [0.15, 0.2) is 72.8 Å². The standard InChI is InChI=1S/C23H19Cl2N3O3/c1-28(14-21(29)26-19-5-3-2-4-6-19)23(31)15-7-9-20(10-8-15)27-22(30)16-11-17(24)13-18(25)12-16/h2-13H,14H2,1H3,(H,26,29)(H,27,30). The topological polar surface area (TPSA) is 78.5 Å². The second-order valence-corrected chi connectivity index (χ2v) is 7.64. The average Bonchev–Trinajstić information content (AvgIpc) is 2.73. The second kappa shape index (κ2) is 10.1. The van der Waals surface area contributed by atoms with Crippen molar-refractivity contribution in [2.24, 2.45) is 0 Å². The largest absolute Gasteiger partial charge is 0.332 e. The molecule has 6 nitrogen and oxygen atoms in total. The molecule has 0 aliphatic rings. The molecule has 0 heterocycles. The Morgan fingerprint density at radius 2 is 1.35 bits per heavy atom. The van der Waals surface area contributed by atoms with Gasteiger partial charge in [0.1, 0.15) is 0 Å². The summed E-state index contributed by atoms with van der Waals surface area (Å²) in [5.41, 5.74) is 1.87. The van der Waals surface area contributed by atoms with E-state index in [2.05, 4.69) is 10.6 Å². The highest BCUT2D eigenvalue weighted by atomic mass is 35.5. The molecule has 0 fully saturated rings. The highest BCUT2D eigenvalue weighted by Gasteiger charge is 2.15. The van der Waals surface area contributed by atoms with Crippen LogP contribution in [-0.2, 0) is 4.79 Å². The van der Waals surface area contributed by atoms with Gasteiger partial charge in [0.15, 0.2) is 0 Å². The zero-order valence-electron chi connectivity index (χ0n) is 16.6. The molecule has 0 unspecified atom stereocenters. The highest BCUT2D eigenvalue weighted by molar-refractivity contribution is 6.35. The van der Waals surface area contributed by atoms with Gasteiger partial charge in [-0.05, 0) is 54.6 Å². The first-order chi connectivity index (χ1) is 14.8. The summed E-state index contributed by atoms with van der Waals surface area (Å²) >= 11 is 11.9. The maximum absolute atomic E-state index is 12.6. The Morgan fingerprint density at radius 1 is 0.774 bits per heavy atom. The highest BCUT2D eigenvalue weighted by Crippen LogP contribution is 2.20. The van der Waals surface area contributed by atoms with Crippen LogP contribution < -0.4 is 10.6 Å². The fraction of sp³-hybridized carbons (Fsp3) is 0.0870. The van der Waals surface area contributed by atoms with Crippen LogP contribution in [0.1, 0.15) is 20.7 Å². The van der Waals surface area contributed by atoms with Gasteiger partial charge in [-0.3, -0.25) is 14.4 Å². The summed E-state index contributed by atoms with van der Waals surface area (Å²) < 4.78 is 0. The van der Waals surface area contributed by atoms with Crippen molar-refractivity contribution in [2.75, 3.05) is 24.2 Å². The molecule has 0 aliphatic carbocycles. The van der Waals surface area contributed by atoms with E-state index in [9.17, 15) is 14.4 Å². The molecule has 158 valence electrons. The predicted molar refractivity (Wildman–Crippen MR) is 123 cm³/mol. The summed E-state index contributed by atoms with van der Waals surface area (Å²) in [5, 5.41) is 6.17. The zero-order valence-corrected chi connectivity index (χ0v) is 18.1. The first-order valence-corrected chi connectivity index (χ1v) is 10.1. The Bertz CT molecular complexity index is 1080. The van der Waals surface area contributed by atoms with Crippen molar-refractivity contribution >= 4 is 52.3 Å². The van der Waals surface area contributed by atoms with Gasteiger partial charge < -0.3 is 15.5 Å². The van der Waals surface area contributed by atoms with E-state index in [0.29, 0.717) is 32.5 Å². The van der Waals surface area contributed by atoms with Gasteiger partial charge in [0.25, 0.3) is 11.8 Å². The van der Waals surface area contributed by atoms with E-state index in [1.165, 1.54) is 23.1 Å². The number of carbonyl (C=O) groups excluding carboxylic acids is 3. The van der Waals surface area contributed by atoms with Gasteiger partial charge in [-0.15, -0.1) is 0 Å². The van der Waals surface area contributed by atoms with E-state index in [0.717, 1.165) is 0 Å². The van der Waals surface area contributed by atoms with Crippen molar-refractivity contribution in [3.05, 3.63) is 94.0 Å². The third-order valence-corrected chi connectivity index (χ3v) is 4.74. The lowest BCUT2D eigenvalue weighted by Gasteiger charge is -2.17. The Kier molecular flexibility index (Phi) is 7.28. The molecule has 3 amide bonds. The van der Waals surface area contributed by atoms with Gasteiger partial charge in [0.2, 0.25) is 5.91 Å². The van der Waals surface area contributed by atoms with E-state index in [1.54, 1.807) is 43.4 Å². The molecule has 3 aromatic carbocycles. The molecule has 0 atom stereocenters. The minimum absolute atomic E-state index is 0.0955. The van der Waals surface area contributed by atoms with Gasteiger partial charge >= 0.3 is 0 Å². The summed E-state index contributed by atoms with van der Waals surface area (Å²) in [5.74, 6) is -0.994. The van der Waals surface area contributed by atoms with E-state index in [-0.39, 0.29) is 24.3 Å². The average molecular weight is 456 g/mol. The van der Waals surface area contributed by atoms with Crippen molar-refractivity contribution < 1.29 is 14.4 Å². The quantitative estimate of drug-likeness (QED) is 0.551. The SMILES string of the molecule is CN(CC(=O)Nc1ccccc1)C(=O)c1ccc(NC(=O)c2cc(Cl)cc(Cl)c2)cc1. The van der Waals surface area contributed by atoms with Crippen molar-refractivity contribution in [3.8, 4) is 0 Å². The first kappa shape index (κ1) is 22.3. The van der Waals surface area contributed by atoms with Crippen LogP contribution in [0, 0.1) is 0 Å². The number of hydrogen-bond donors (Lipinski definition) is 2. The molecule has 0 aromatic heterocycles. The lowest BCUT2D eigenvalue weighted by Crippen LogP contribution is -2.34. The molecule has 0 saturated heterocycles. The number of halogens is 2. The van der Waals surface area contributed by atoms with Crippen LogP contribution in [0.25, 0.3) is 0 Å². The monoisotopic (exact) mass is 455 g/mol. The number of nitrogens with zero attached hydrogens (tertiary/aromatic N) is 1. The summed E-state index contributed by atoms with van der Waals surface area (Å²) in [6.45, 7) is -0.0955. The molecule has 0 radical (unpaired) electrons. The van der Waals surface area contributed by atoms with Gasteiger partial charge in [-0.25, -0.2) is 0 Å².